The van der Waals surface area contributed by atoms with Crippen LogP contribution in [-0.4, -0.2) is 13.2 Å². The van der Waals surface area contributed by atoms with Gasteiger partial charge in [0, 0.05) is 4.47 Å². The predicted molar refractivity (Wildman–Crippen MR) is 76.3 cm³/mol. The third-order valence-electron chi connectivity index (χ3n) is 2.95. The zero-order chi connectivity index (χ0) is 13.4. The molecule has 0 N–H and O–H groups in total. The summed E-state index contributed by atoms with van der Waals surface area (Å²) in [5.41, 5.74) is 0.903. The van der Waals surface area contributed by atoms with Gasteiger partial charge in [-0.25, -0.2) is 0 Å². The van der Waals surface area contributed by atoms with Crippen molar-refractivity contribution in [3.8, 4) is 11.5 Å². The number of hydrogen-bond acceptors (Lipinski definition) is 3. The van der Waals surface area contributed by atoms with Crippen LogP contribution in [0.5, 0.6) is 11.5 Å². The van der Waals surface area contributed by atoms with Crippen LogP contribution in [0.3, 0.4) is 0 Å². The summed E-state index contributed by atoms with van der Waals surface area (Å²) in [4.78, 5) is 0. The zero-order valence-electron chi connectivity index (χ0n) is 10.3. The van der Waals surface area contributed by atoms with Crippen molar-refractivity contribution in [3.05, 3.63) is 45.8 Å². The average Bonchev–Trinajstić information content (AvgIpc) is 2.84. The summed E-state index contributed by atoms with van der Waals surface area (Å²) in [6, 6.07) is 7.57. The van der Waals surface area contributed by atoms with Crippen LogP contribution in [-0.2, 0) is 0 Å². The van der Waals surface area contributed by atoms with E-state index in [0.717, 1.165) is 33.1 Å². The average molecular weight is 344 g/mol. The maximum Gasteiger partial charge on any atom is 0.162 e. The molecular formula is C14H12BrClO3. The summed E-state index contributed by atoms with van der Waals surface area (Å²) >= 11 is 9.99. The highest BCUT2D eigenvalue weighted by Crippen LogP contribution is 2.41. The van der Waals surface area contributed by atoms with Crippen LogP contribution < -0.4 is 9.47 Å². The molecule has 3 nitrogen and oxygen atoms in total. The molecule has 1 aliphatic heterocycles. The van der Waals surface area contributed by atoms with Gasteiger partial charge in [-0.05, 0) is 36.8 Å². The van der Waals surface area contributed by atoms with Crippen LogP contribution in [0.25, 0.3) is 0 Å². The fourth-order valence-electron chi connectivity index (χ4n) is 2.02. The molecule has 100 valence electrons. The van der Waals surface area contributed by atoms with Crippen LogP contribution in [0, 0.1) is 6.92 Å². The van der Waals surface area contributed by atoms with E-state index in [1.165, 1.54) is 0 Å². The number of fused-ring (bicyclic) bond motifs is 1. The normalized spacial score (nSPS) is 15.3. The van der Waals surface area contributed by atoms with Crippen LogP contribution in [0.2, 0.25) is 0 Å². The zero-order valence-corrected chi connectivity index (χ0v) is 12.6. The summed E-state index contributed by atoms with van der Waals surface area (Å²) in [6.45, 7) is 3.02. The van der Waals surface area contributed by atoms with Crippen molar-refractivity contribution in [1.82, 2.24) is 0 Å². The fraction of sp³-hybridized carbons (Fsp3) is 0.286. The molecule has 1 aromatic carbocycles. The van der Waals surface area contributed by atoms with Gasteiger partial charge in [0.15, 0.2) is 11.5 Å². The quantitative estimate of drug-likeness (QED) is 0.755. The molecular weight excluding hydrogens is 332 g/mol. The van der Waals surface area contributed by atoms with Crippen molar-refractivity contribution in [2.75, 3.05) is 13.2 Å². The van der Waals surface area contributed by atoms with Crippen molar-refractivity contribution in [2.24, 2.45) is 0 Å². The molecule has 0 saturated heterocycles. The Labute approximate surface area is 124 Å². The van der Waals surface area contributed by atoms with Gasteiger partial charge in [-0.15, -0.1) is 11.6 Å². The lowest BCUT2D eigenvalue weighted by molar-refractivity contribution is 0.171. The monoisotopic (exact) mass is 342 g/mol. The molecule has 0 radical (unpaired) electrons. The Balaban J connectivity index is 2.00. The van der Waals surface area contributed by atoms with Crippen LogP contribution >= 0.6 is 27.5 Å². The van der Waals surface area contributed by atoms with Crippen molar-refractivity contribution in [2.45, 2.75) is 12.3 Å². The van der Waals surface area contributed by atoms with Crippen LogP contribution in [0.1, 0.15) is 22.5 Å². The Bertz CT molecular complexity index is 609. The maximum absolute atomic E-state index is 6.47. The molecule has 1 atom stereocenters. The number of hydrogen-bond donors (Lipinski definition) is 0. The van der Waals surface area contributed by atoms with Crippen molar-refractivity contribution in [3.63, 3.8) is 0 Å². The predicted octanol–water partition coefficient (Wildman–Crippen LogP) is 4.45. The molecule has 2 heterocycles. The first kappa shape index (κ1) is 12.9. The van der Waals surface area contributed by atoms with Gasteiger partial charge in [-0.1, -0.05) is 15.9 Å². The van der Waals surface area contributed by atoms with Crippen LogP contribution in [0.15, 0.2) is 33.2 Å². The van der Waals surface area contributed by atoms with Gasteiger partial charge in [0.2, 0.25) is 0 Å². The molecule has 0 amide bonds. The van der Waals surface area contributed by atoms with Gasteiger partial charge in [-0.2, -0.15) is 0 Å². The van der Waals surface area contributed by atoms with E-state index in [0.29, 0.717) is 13.2 Å². The molecule has 0 saturated carbocycles. The van der Waals surface area contributed by atoms with E-state index in [-0.39, 0.29) is 5.38 Å². The Morgan fingerprint density at radius 3 is 2.47 bits per heavy atom. The third kappa shape index (κ3) is 2.47. The van der Waals surface area contributed by atoms with Gasteiger partial charge in [-0.3, -0.25) is 0 Å². The highest BCUT2D eigenvalue weighted by molar-refractivity contribution is 9.10. The molecule has 0 fully saturated rings. The SMILES string of the molecule is Cc1ccc(C(Cl)c2cc3c(cc2Br)OCCO3)o1. The van der Waals surface area contributed by atoms with E-state index in [2.05, 4.69) is 15.9 Å². The molecule has 1 unspecified atom stereocenters. The fourth-order valence-corrected chi connectivity index (χ4v) is 3.00. The van der Waals surface area contributed by atoms with E-state index >= 15 is 0 Å². The first-order valence-electron chi connectivity index (χ1n) is 5.94. The molecule has 3 rings (SSSR count). The molecule has 5 heteroatoms. The Hall–Kier alpha value is -1.13. The minimum Gasteiger partial charge on any atom is -0.486 e. The van der Waals surface area contributed by atoms with Gasteiger partial charge < -0.3 is 13.9 Å². The van der Waals surface area contributed by atoms with Crippen molar-refractivity contribution < 1.29 is 13.9 Å². The summed E-state index contributed by atoms with van der Waals surface area (Å²) in [5, 5.41) is -0.362. The number of benzene rings is 1. The molecule has 0 bridgehead atoms. The Morgan fingerprint density at radius 1 is 1.16 bits per heavy atom. The summed E-state index contributed by atoms with van der Waals surface area (Å²) in [5.74, 6) is 3.02. The minimum absolute atomic E-state index is 0.362. The number of rotatable bonds is 2. The first-order chi connectivity index (χ1) is 9.15. The first-order valence-corrected chi connectivity index (χ1v) is 7.17. The van der Waals surface area contributed by atoms with E-state index in [1.54, 1.807) is 0 Å². The summed E-state index contributed by atoms with van der Waals surface area (Å²) in [6.07, 6.45) is 0. The number of furan rings is 1. The number of aryl methyl sites for hydroxylation is 1. The second kappa shape index (κ2) is 5.10. The van der Waals surface area contributed by atoms with Crippen LogP contribution in [0.4, 0.5) is 0 Å². The second-order valence-electron chi connectivity index (χ2n) is 4.33. The molecule has 1 aliphatic rings. The highest BCUT2D eigenvalue weighted by Gasteiger charge is 2.22. The van der Waals surface area contributed by atoms with Gasteiger partial charge in [0.05, 0.1) is 0 Å². The van der Waals surface area contributed by atoms with E-state index < -0.39 is 0 Å². The molecule has 1 aromatic heterocycles. The smallest absolute Gasteiger partial charge is 0.162 e. The Morgan fingerprint density at radius 2 is 1.84 bits per heavy atom. The topological polar surface area (TPSA) is 31.6 Å². The lowest BCUT2D eigenvalue weighted by Gasteiger charge is -2.20. The van der Waals surface area contributed by atoms with Gasteiger partial charge in [0.1, 0.15) is 30.1 Å². The van der Waals surface area contributed by atoms with E-state index in [1.807, 2.05) is 31.2 Å². The van der Waals surface area contributed by atoms with Crippen molar-refractivity contribution in [1.29, 1.82) is 0 Å². The van der Waals surface area contributed by atoms with E-state index in [9.17, 15) is 0 Å². The lowest BCUT2D eigenvalue weighted by Crippen LogP contribution is -2.15. The number of ether oxygens (including phenoxy) is 2. The summed E-state index contributed by atoms with van der Waals surface area (Å²) < 4.78 is 17.6. The van der Waals surface area contributed by atoms with E-state index in [4.69, 9.17) is 25.5 Å². The summed E-state index contributed by atoms with van der Waals surface area (Å²) in [7, 11) is 0. The molecule has 0 aliphatic carbocycles. The highest BCUT2D eigenvalue weighted by atomic mass is 79.9. The number of alkyl halides is 1. The second-order valence-corrected chi connectivity index (χ2v) is 5.62. The molecule has 2 aromatic rings. The van der Waals surface area contributed by atoms with Gasteiger partial charge in [0.25, 0.3) is 0 Å². The largest absolute Gasteiger partial charge is 0.486 e. The standard InChI is InChI=1S/C14H12BrClO3/c1-8-2-3-11(19-8)14(16)9-6-12-13(7-10(9)15)18-5-4-17-12/h2-3,6-7,14H,4-5H2,1H3. The molecule has 0 spiro atoms. The lowest BCUT2D eigenvalue weighted by atomic mass is 10.1. The van der Waals surface area contributed by atoms with Gasteiger partial charge >= 0.3 is 0 Å². The maximum atomic E-state index is 6.47. The molecule has 19 heavy (non-hydrogen) atoms. The minimum atomic E-state index is -0.362. The van der Waals surface area contributed by atoms with Crippen molar-refractivity contribution >= 4 is 27.5 Å². The number of halogens is 2. The third-order valence-corrected chi connectivity index (χ3v) is 4.08. The Kier molecular flexibility index (Phi) is 3.46.